The van der Waals surface area contributed by atoms with E-state index >= 15 is 0 Å². The first-order valence-corrected chi connectivity index (χ1v) is 8.05. The van der Waals surface area contributed by atoms with Crippen LogP contribution in [0.15, 0.2) is 23.1 Å². The van der Waals surface area contributed by atoms with Crippen LogP contribution >= 0.6 is 12.4 Å². The van der Waals surface area contributed by atoms with Gasteiger partial charge in [-0.15, -0.1) is 12.4 Å². The maximum atomic E-state index is 13.7. The van der Waals surface area contributed by atoms with Crippen molar-refractivity contribution in [1.29, 1.82) is 0 Å². The Labute approximate surface area is 128 Å². The Morgan fingerprint density at radius 1 is 1.14 bits per heavy atom. The Kier molecular flexibility index (Phi) is 4.58. The van der Waals surface area contributed by atoms with Gasteiger partial charge in [0.25, 0.3) is 0 Å². The summed E-state index contributed by atoms with van der Waals surface area (Å²) in [6.07, 6.45) is 1.76. The van der Waals surface area contributed by atoms with Crippen molar-refractivity contribution in [2.45, 2.75) is 23.8 Å². The Hall–Kier alpha value is -0.760. The second-order valence-electron chi connectivity index (χ2n) is 5.54. The third kappa shape index (κ3) is 2.67. The molecule has 1 aromatic carbocycles. The van der Waals surface area contributed by atoms with Crippen molar-refractivity contribution < 1.29 is 17.2 Å². The molecule has 3 unspecified atom stereocenters. The van der Waals surface area contributed by atoms with Gasteiger partial charge in [-0.1, -0.05) is 6.07 Å². The molecule has 118 valence electrons. The van der Waals surface area contributed by atoms with E-state index in [0.29, 0.717) is 6.54 Å². The number of nitrogens with two attached hydrogens (primary N) is 1. The Morgan fingerprint density at radius 3 is 2.33 bits per heavy atom. The monoisotopic (exact) mass is 338 g/mol. The number of fused-ring (bicyclic) bond motifs is 1. The lowest BCUT2D eigenvalue weighted by atomic mass is 9.98. The zero-order chi connectivity index (χ0) is 14.5. The van der Waals surface area contributed by atoms with Crippen LogP contribution in [0.1, 0.15) is 12.8 Å². The topological polar surface area (TPSA) is 63.4 Å². The molecule has 3 atom stereocenters. The summed E-state index contributed by atoms with van der Waals surface area (Å²) in [5.74, 6) is -1.80. The molecule has 1 aliphatic carbocycles. The highest BCUT2D eigenvalue weighted by Gasteiger charge is 2.46. The zero-order valence-corrected chi connectivity index (χ0v) is 12.8. The van der Waals surface area contributed by atoms with Crippen LogP contribution in [0.2, 0.25) is 0 Å². The minimum Gasteiger partial charge on any atom is -0.327 e. The van der Waals surface area contributed by atoms with Crippen LogP contribution in [0.3, 0.4) is 0 Å². The number of hydrogen-bond donors (Lipinski definition) is 1. The van der Waals surface area contributed by atoms with Crippen LogP contribution < -0.4 is 5.73 Å². The third-order valence-corrected chi connectivity index (χ3v) is 6.28. The third-order valence-electron chi connectivity index (χ3n) is 4.40. The fourth-order valence-electron chi connectivity index (χ4n) is 3.32. The summed E-state index contributed by atoms with van der Waals surface area (Å²) in [6, 6.07) is 3.04. The molecule has 0 aromatic heterocycles. The van der Waals surface area contributed by atoms with Gasteiger partial charge in [-0.05, 0) is 36.8 Å². The van der Waals surface area contributed by atoms with Crippen LogP contribution in [0, 0.1) is 23.5 Å². The van der Waals surface area contributed by atoms with Gasteiger partial charge in [0.05, 0.1) is 0 Å². The van der Waals surface area contributed by atoms with E-state index in [0.717, 1.165) is 31.0 Å². The van der Waals surface area contributed by atoms with E-state index in [4.69, 9.17) is 5.73 Å². The molecule has 1 saturated heterocycles. The highest BCUT2D eigenvalue weighted by Crippen LogP contribution is 2.39. The molecular weight excluding hydrogens is 322 g/mol. The van der Waals surface area contributed by atoms with E-state index in [1.165, 1.54) is 4.31 Å². The lowest BCUT2D eigenvalue weighted by Crippen LogP contribution is -2.34. The molecule has 1 saturated carbocycles. The summed E-state index contributed by atoms with van der Waals surface area (Å²) in [4.78, 5) is -0.853. The second-order valence-corrected chi connectivity index (χ2v) is 7.41. The lowest BCUT2D eigenvalue weighted by Gasteiger charge is -2.19. The van der Waals surface area contributed by atoms with Gasteiger partial charge in [0, 0.05) is 19.1 Å². The molecular formula is C13H17ClF2N2O2S. The molecule has 4 nitrogen and oxygen atoms in total. The van der Waals surface area contributed by atoms with Gasteiger partial charge in [0.1, 0.15) is 11.6 Å². The lowest BCUT2D eigenvalue weighted by molar-refractivity contribution is 0.419. The van der Waals surface area contributed by atoms with Crippen LogP contribution in [0.25, 0.3) is 0 Å². The van der Waals surface area contributed by atoms with Gasteiger partial charge in [-0.3, -0.25) is 0 Å². The molecule has 2 fully saturated rings. The maximum absolute atomic E-state index is 13.7. The number of halogens is 3. The summed E-state index contributed by atoms with van der Waals surface area (Å²) >= 11 is 0. The number of rotatable bonds is 2. The number of hydrogen-bond acceptors (Lipinski definition) is 3. The van der Waals surface area contributed by atoms with E-state index < -0.39 is 26.6 Å². The number of sulfonamides is 1. The van der Waals surface area contributed by atoms with Gasteiger partial charge < -0.3 is 5.73 Å². The molecule has 0 bridgehead atoms. The van der Waals surface area contributed by atoms with Gasteiger partial charge in [0.2, 0.25) is 10.0 Å². The predicted octanol–water partition coefficient (Wildman–Crippen LogP) is 1.74. The van der Waals surface area contributed by atoms with Gasteiger partial charge >= 0.3 is 0 Å². The van der Waals surface area contributed by atoms with Crippen LogP contribution in [0.5, 0.6) is 0 Å². The van der Waals surface area contributed by atoms with Crippen molar-refractivity contribution in [3.8, 4) is 0 Å². The maximum Gasteiger partial charge on any atom is 0.248 e. The van der Waals surface area contributed by atoms with Gasteiger partial charge in [0.15, 0.2) is 4.90 Å². The molecule has 8 heteroatoms. The predicted molar refractivity (Wildman–Crippen MR) is 76.6 cm³/mol. The summed E-state index contributed by atoms with van der Waals surface area (Å²) in [5, 5.41) is 0. The average molecular weight is 339 g/mol. The van der Waals surface area contributed by atoms with E-state index in [1.807, 2.05) is 0 Å². The highest BCUT2D eigenvalue weighted by atomic mass is 35.5. The van der Waals surface area contributed by atoms with Crippen molar-refractivity contribution >= 4 is 22.4 Å². The molecule has 0 spiro atoms. The fraction of sp³-hybridized carbons (Fsp3) is 0.538. The first-order valence-electron chi connectivity index (χ1n) is 6.61. The quantitative estimate of drug-likeness (QED) is 0.893. The number of benzene rings is 1. The second kappa shape index (κ2) is 5.79. The van der Waals surface area contributed by atoms with Crippen molar-refractivity contribution in [2.75, 3.05) is 13.1 Å². The largest absolute Gasteiger partial charge is 0.327 e. The van der Waals surface area contributed by atoms with Crippen molar-refractivity contribution in [1.82, 2.24) is 4.31 Å². The van der Waals surface area contributed by atoms with E-state index in [-0.39, 0.29) is 36.8 Å². The first kappa shape index (κ1) is 16.6. The van der Waals surface area contributed by atoms with Crippen LogP contribution in [-0.2, 0) is 10.0 Å². The minimum atomic E-state index is -4.14. The first-order chi connectivity index (χ1) is 9.41. The smallest absolute Gasteiger partial charge is 0.248 e. The van der Waals surface area contributed by atoms with E-state index in [1.54, 1.807) is 0 Å². The molecule has 0 radical (unpaired) electrons. The van der Waals surface area contributed by atoms with Crippen LogP contribution in [0.4, 0.5) is 8.78 Å². The molecule has 2 N–H and O–H groups in total. The zero-order valence-electron chi connectivity index (χ0n) is 11.2. The molecule has 3 rings (SSSR count). The molecule has 2 aliphatic rings. The molecule has 1 aliphatic heterocycles. The number of nitrogens with zero attached hydrogens (tertiary/aromatic N) is 1. The average Bonchev–Trinajstić information content (AvgIpc) is 2.92. The Bertz CT molecular complexity index is 621. The molecule has 21 heavy (non-hydrogen) atoms. The van der Waals surface area contributed by atoms with Crippen molar-refractivity contribution in [3.05, 3.63) is 29.8 Å². The van der Waals surface area contributed by atoms with Crippen LogP contribution in [-0.4, -0.2) is 31.9 Å². The van der Waals surface area contributed by atoms with Crippen molar-refractivity contribution in [2.24, 2.45) is 17.6 Å². The molecule has 1 heterocycles. The highest BCUT2D eigenvalue weighted by molar-refractivity contribution is 7.89. The van der Waals surface area contributed by atoms with Gasteiger partial charge in [-0.25, -0.2) is 17.2 Å². The Balaban J connectivity index is 0.00000161. The van der Waals surface area contributed by atoms with Crippen molar-refractivity contribution in [3.63, 3.8) is 0 Å². The summed E-state index contributed by atoms with van der Waals surface area (Å²) < 4.78 is 53.4. The van der Waals surface area contributed by atoms with E-state index in [2.05, 4.69) is 0 Å². The molecule has 1 aromatic rings. The summed E-state index contributed by atoms with van der Waals surface area (Å²) in [5.41, 5.74) is 5.95. The van der Waals surface area contributed by atoms with E-state index in [9.17, 15) is 17.2 Å². The standard InChI is InChI=1S/C13H16F2N2O2S.ClH/c14-10-2-1-3-11(15)13(10)20(18,19)17-6-8-4-5-12(16)9(8)7-17;/h1-3,8-9,12H,4-7,16H2;1H. The summed E-state index contributed by atoms with van der Waals surface area (Å²) in [6.45, 7) is 0.552. The normalized spacial score (nSPS) is 29.2. The Morgan fingerprint density at radius 2 is 1.76 bits per heavy atom. The SMILES string of the molecule is Cl.NC1CCC2CN(S(=O)(=O)c3c(F)cccc3F)CC12. The molecule has 0 amide bonds. The fourth-order valence-corrected chi connectivity index (χ4v) is 4.96. The summed E-state index contributed by atoms with van der Waals surface area (Å²) in [7, 11) is -4.14. The minimum absolute atomic E-state index is 0. The van der Waals surface area contributed by atoms with Gasteiger partial charge in [-0.2, -0.15) is 4.31 Å².